The summed E-state index contributed by atoms with van der Waals surface area (Å²) in [7, 11) is 0.777. The van der Waals surface area contributed by atoms with Crippen LogP contribution in [0.1, 0.15) is 43.6 Å². The van der Waals surface area contributed by atoms with Gasteiger partial charge in [-0.1, -0.05) is 128 Å². The van der Waals surface area contributed by atoms with Crippen LogP contribution >= 0.6 is 0 Å². The topological polar surface area (TPSA) is 40.9 Å². The Bertz CT molecular complexity index is 1050. The Kier molecular flexibility index (Phi) is 18.8. The molecule has 0 saturated heterocycles. The Morgan fingerprint density at radius 3 is 1.57 bits per heavy atom. The van der Waals surface area contributed by atoms with E-state index in [1.165, 1.54) is 27.1 Å². The van der Waals surface area contributed by atoms with Crippen molar-refractivity contribution in [2.75, 3.05) is 0 Å². The van der Waals surface area contributed by atoms with Crippen LogP contribution in [-0.2, 0) is 25.8 Å². The number of benzene rings is 3. The molecule has 3 aromatic carbocycles. The maximum atomic E-state index is 10.5. The number of aryl methyl sites for hydroxylation is 1. The van der Waals surface area contributed by atoms with Crippen molar-refractivity contribution in [3.63, 3.8) is 0 Å². The summed E-state index contributed by atoms with van der Waals surface area (Å²) in [5.41, 5.74) is 12.5. The molecule has 1 unspecified atom stereocenters. The molecular formula is C29H31Cl2HfNOSi. The van der Waals surface area contributed by atoms with Crippen LogP contribution < -0.4 is 35.2 Å². The molecule has 1 N–H and O–H groups in total. The summed E-state index contributed by atoms with van der Waals surface area (Å²) in [6.07, 6.45) is 3.36. The molecular weight excluding hydrogens is 656 g/mol. The monoisotopic (exact) mass is 687 g/mol. The van der Waals surface area contributed by atoms with Crippen LogP contribution in [-0.4, -0.2) is 15.4 Å². The Balaban J connectivity index is 0. The standard InChI is InChI=1S/C12H10Si.C9H13.C8H9NO.2ClH.Hf/c1-3-7-11(8-4-1)13-12-9-5-2-6-10-12;1-6-5-7(2)9(4)8(6)3;1-6-3-2-4-7(5-6)8(9)10;;;/h1-10H;6H,1-4H3;2-5H,1H3,(H2,9,10);2*1H;/q;-1;;;;+4/p-3. The molecule has 0 spiro atoms. The molecule has 1 atom stereocenters. The number of carbonyl (C=O) groups is 1. The molecule has 0 aliphatic heterocycles. The fourth-order valence-electron chi connectivity index (χ4n) is 3.16. The zero-order chi connectivity index (χ0) is 23.5. The fourth-order valence-corrected chi connectivity index (χ4v) is 4.21. The van der Waals surface area contributed by atoms with Crippen molar-refractivity contribution < 1.29 is 55.5 Å². The first-order valence-electron chi connectivity index (χ1n) is 10.8. The van der Waals surface area contributed by atoms with Crippen LogP contribution in [0.2, 0.25) is 0 Å². The van der Waals surface area contributed by atoms with E-state index in [4.69, 9.17) is 5.73 Å². The van der Waals surface area contributed by atoms with Gasteiger partial charge in [-0.15, -0.1) is 6.92 Å². The number of hydrogen-bond acceptors (Lipinski definition) is 1. The number of allylic oxidation sites excluding steroid dienone is 4. The largest absolute Gasteiger partial charge is 4.00 e. The summed E-state index contributed by atoms with van der Waals surface area (Å²) >= 11 is 0. The average Bonchev–Trinajstić information content (AvgIpc) is 3.01. The minimum atomic E-state index is -0.622. The first kappa shape index (κ1) is 35.4. The van der Waals surface area contributed by atoms with Crippen LogP contribution in [0.3, 0.4) is 0 Å². The predicted octanol–water partition coefficient (Wildman–Crippen LogP) is 0.257. The molecule has 0 aromatic heterocycles. The quantitative estimate of drug-likeness (QED) is 0.288. The molecule has 0 bridgehead atoms. The second-order valence-corrected chi connectivity index (χ2v) is 9.26. The van der Waals surface area contributed by atoms with E-state index in [1.807, 2.05) is 13.0 Å². The van der Waals surface area contributed by atoms with Gasteiger partial charge in [0.1, 0.15) is 9.52 Å². The molecule has 4 rings (SSSR count). The molecule has 1 aliphatic rings. The minimum Gasteiger partial charge on any atom is -1.00 e. The molecule has 2 radical (unpaired) electrons. The van der Waals surface area contributed by atoms with Gasteiger partial charge in [0.15, 0.2) is 0 Å². The van der Waals surface area contributed by atoms with Crippen LogP contribution in [0.4, 0.5) is 0 Å². The van der Waals surface area contributed by atoms with Crippen molar-refractivity contribution >= 4 is 25.8 Å². The molecule has 3 aromatic rings. The van der Waals surface area contributed by atoms with Crippen LogP contribution in [0, 0.1) is 18.9 Å². The molecule has 2 nitrogen and oxygen atoms in total. The van der Waals surface area contributed by atoms with Gasteiger partial charge in [0, 0.05) is 0 Å². The van der Waals surface area contributed by atoms with Gasteiger partial charge in [0.25, 0.3) is 0 Å². The first-order chi connectivity index (χ1) is 15.3. The predicted molar refractivity (Wildman–Crippen MR) is 138 cm³/mol. The van der Waals surface area contributed by atoms with E-state index in [-0.39, 0.29) is 50.7 Å². The van der Waals surface area contributed by atoms with E-state index in [9.17, 15) is 4.79 Å². The van der Waals surface area contributed by atoms with E-state index >= 15 is 0 Å². The molecule has 0 fully saturated rings. The van der Waals surface area contributed by atoms with Gasteiger partial charge in [0.05, 0.1) is 5.91 Å². The van der Waals surface area contributed by atoms with E-state index in [0.717, 1.165) is 15.1 Å². The summed E-state index contributed by atoms with van der Waals surface area (Å²) < 4.78 is 0. The van der Waals surface area contributed by atoms with Crippen molar-refractivity contribution in [1.29, 1.82) is 0 Å². The smallest absolute Gasteiger partial charge is 1.00 e. The molecule has 1 aliphatic carbocycles. The van der Waals surface area contributed by atoms with Gasteiger partial charge in [-0.25, -0.2) is 5.57 Å². The zero-order valence-corrected chi connectivity index (χ0v) is 26.9. The van der Waals surface area contributed by atoms with Gasteiger partial charge in [-0.05, 0) is 12.5 Å². The Morgan fingerprint density at radius 2 is 1.29 bits per heavy atom. The summed E-state index contributed by atoms with van der Waals surface area (Å²) in [6.45, 7) is 10.6. The first-order valence-corrected chi connectivity index (χ1v) is 11.8. The average molecular weight is 687 g/mol. The second-order valence-electron chi connectivity index (χ2n) is 7.85. The summed E-state index contributed by atoms with van der Waals surface area (Å²) in [6, 6.07) is 28.2. The van der Waals surface area contributed by atoms with Gasteiger partial charge in [-0.2, -0.15) is 11.1 Å². The van der Waals surface area contributed by atoms with Gasteiger partial charge < -0.3 is 35.3 Å². The summed E-state index contributed by atoms with van der Waals surface area (Å²) in [5.74, 6) is -0.0614. The zero-order valence-electron chi connectivity index (χ0n) is 20.8. The molecule has 180 valence electrons. The molecule has 0 heterocycles. The van der Waals surface area contributed by atoms with Crippen LogP contribution in [0.25, 0.3) is 5.73 Å². The Labute approximate surface area is 244 Å². The maximum Gasteiger partial charge on any atom is 4.00 e. The van der Waals surface area contributed by atoms with Crippen molar-refractivity contribution in [2.24, 2.45) is 5.92 Å². The van der Waals surface area contributed by atoms with Gasteiger partial charge in [0.2, 0.25) is 0 Å². The third kappa shape index (κ3) is 12.7. The Hall–Kier alpha value is -1.72. The molecule has 6 heteroatoms. The van der Waals surface area contributed by atoms with Crippen LogP contribution in [0.15, 0.2) is 102 Å². The molecule has 0 saturated carbocycles. The normalized spacial score (nSPS) is 13.3. The summed E-state index contributed by atoms with van der Waals surface area (Å²) in [5, 5.41) is 2.79. The number of amides is 1. The third-order valence-electron chi connectivity index (χ3n) is 5.35. The van der Waals surface area contributed by atoms with Crippen molar-refractivity contribution in [1.82, 2.24) is 0 Å². The summed E-state index contributed by atoms with van der Waals surface area (Å²) in [4.78, 5) is 10.5. The number of rotatable bonds is 3. The SMILES string of the molecule is CC1=[C-]C(C)C(C)=C1C.Cc1cccc(C([NH-])=O)c1.[Cl-].[Cl-].[Hf+4].c1ccc([Si]c2ccccc2)cc1. The number of hydrogen-bond donors (Lipinski definition) is 0. The van der Waals surface area contributed by atoms with E-state index in [2.05, 4.69) is 94.4 Å². The number of carbonyl (C=O) groups excluding carboxylic acids is 1. The number of halogens is 2. The van der Waals surface area contributed by atoms with Crippen LogP contribution in [0.5, 0.6) is 0 Å². The molecule has 1 amide bonds. The molecule has 35 heavy (non-hydrogen) atoms. The number of nitrogens with one attached hydrogen (secondary N) is 1. The fraction of sp³-hybridized carbons (Fsp3) is 0.207. The third-order valence-corrected chi connectivity index (χ3v) is 6.60. The van der Waals surface area contributed by atoms with Crippen molar-refractivity contribution in [3.8, 4) is 0 Å². The van der Waals surface area contributed by atoms with E-state index in [1.54, 1.807) is 18.2 Å². The van der Waals surface area contributed by atoms with Crippen molar-refractivity contribution in [2.45, 2.75) is 34.6 Å². The van der Waals surface area contributed by atoms with Gasteiger partial charge >= 0.3 is 25.8 Å². The van der Waals surface area contributed by atoms with E-state index < -0.39 is 5.91 Å². The van der Waals surface area contributed by atoms with Crippen molar-refractivity contribution in [3.05, 3.63) is 125 Å². The maximum absolute atomic E-state index is 10.5. The second kappa shape index (κ2) is 18.5. The minimum absolute atomic E-state index is 0. The van der Waals surface area contributed by atoms with E-state index in [0.29, 0.717) is 11.5 Å². The Morgan fingerprint density at radius 1 is 0.800 bits per heavy atom. The van der Waals surface area contributed by atoms with Gasteiger partial charge in [-0.3, -0.25) is 6.08 Å².